The van der Waals surface area contributed by atoms with Crippen LogP contribution < -0.4 is 15.0 Å². The van der Waals surface area contributed by atoms with E-state index in [2.05, 4.69) is 10.1 Å². The van der Waals surface area contributed by atoms with Gasteiger partial charge in [-0.1, -0.05) is 59.4 Å². The predicted octanol–water partition coefficient (Wildman–Crippen LogP) is 1.92. The normalized spacial score (nSPS) is 15.6. The lowest BCUT2D eigenvalue weighted by atomic mass is 10.1. The van der Waals surface area contributed by atoms with E-state index in [0.717, 1.165) is 16.8 Å². The quantitative estimate of drug-likeness (QED) is 0.538. The second-order valence-corrected chi connectivity index (χ2v) is 7.44. The van der Waals surface area contributed by atoms with Gasteiger partial charge in [-0.25, -0.2) is 4.98 Å². The summed E-state index contributed by atoms with van der Waals surface area (Å²) in [5.41, 5.74) is 3.93. The van der Waals surface area contributed by atoms with E-state index in [1.807, 2.05) is 55.5 Å². The van der Waals surface area contributed by atoms with Gasteiger partial charge in [-0.2, -0.15) is 9.61 Å². The van der Waals surface area contributed by atoms with Crippen LogP contribution in [0.3, 0.4) is 0 Å². The van der Waals surface area contributed by atoms with E-state index in [0.29, 0.717) is 21.6 Å². The molecule has 1 amide bonds. The molecule has 4 aromatic rings. The Morgan fingerprint density at radius 1 is 1.04 bits per heavy atom. The number of hydrogen-bond acceptors (Lipinski definition) is 5. The van der Waals surface area contributed by atoms with Crippen LogP contribution in [-0.4, -0.2) is 20.5 Å². The van der Waals surface area contributed by atoms with Gasteiger partial charge in [-0.05, 0) is 18.6 Å². The van der Waals surface area contributed by atoms with Crippen LogP contribution in [0.1, 0.15) is 16.7 Å². The van der Waals surface area contributed by atoms with E-state index in [1.165, 1.54) is 27.7 Å². The number of hydrogen-bond donors (Lipinski definition) is 0. The summed E-state index contributed by atoms with van der Waals surface area (Å²) < 4.78 is 1.63. The molecule has 0 unspecified atom stereocenters. The van der Waals surface area contributed by atoms with Crippen molar-refractivity contribution in [1.29, 1.82) is 0 Å². The number of rotatable bonds is 2. The van der Waals surface area contributed by atoms with Gasteiger partial charge in [0.1, 0.15) is 10.9 Å². The lowest BCUT2D eigenvalue weighted by molar-refractivity contribution is -0.113. The summed E-state index contributed by atoms with van der Waals surface area (Å²) in [6.45, 7) is 2.48. The van der Waals surface area contributed by atoms with E-state index in [4.69, 9.17) is 0 Å². The Morgan fingerprint density at radius 2 is 1.81 bits per heavy atom. The third-order valence-corrected chi connectivity index (χ3v) is 5.75. The summed E-state index contributed by atoms with van der Waals surface area (Å²) in [7, 11) is 0. The van der Waals surface area contributed by atoms with E-state index in [9.17, 15) is 9.59 Å². The molecule has 2 aromatic carbocycles. The Bertz CT molecular complexity index is 1300. The van der Waals surface area contributed by atoms with Gasteiger partial charge in [-0.15, -0.1) is 0 Å². The third-order valence-electron chi connectivity index (χ3n) is 4.71. The number of nitrogens with zero attached hydrogens (tertiary/aromatic N) is 4. The highest BCUT2D eigenvalue weighted by Crippen LogP contribution is 2.36. The first kappa shape index (κ1) is 15.9. The van der Waals surface area contributed by atoms with Gasteiger partial charge in [0.2, 0.25) is 4.96 Å². The number of fused-ring (bicyclic) bond motifs is 2. The fourth-order valence-corrected chi connectivity index (χ4v) is 4.33. The minimum absolute atomic E-state index is 0.168. The largest absolute Gasteiger partial charge is 0.303 e. The maximum absolute atomic E-state index is 13.3. The highest BCUT2D eigenvalue weighted by molar-refractivity contribution is 7.15. The van der Waals surface area contributed by atoms with E-state index in [-0.39, 0.29) is 11.5 Å². The van der Waals surface area contributed by atoms with E-state index < -0.39 is 0 Å². The van der Waals surface area contributed by atoms with Gasteiger partial charge in [0.05, 0.1) is 17.8 Å². The zero-order valence-electron chi connectivity index (χ0n) is 14.4. The lowest BCUT2D eigenvalue weighted by Gasteiger charge is -2.17. The molecular formula is C20H14N4O2S. The second-order valence-electron chi connectivity index (χ2n) is 6.46. The Hall–Kier alpha value is -3.32. The highest BCUT2D eigenvalue weighted by atomic mass is 32.1. The molecule has 0 N–H and O–H groups in total. The molecule has 0 saturated carbocycles. The van der Waals surface area contributed by atoms with Gasteiger partial charge in [0, 0.05) is 5.56 Å². The van der Waals surface area contributed by atoms with Crippen LogP contribution in [0.2, 0.25) is 0 Å². The molecule has 6 nitrogen and oxygen atoms in total. The molecular weight excluding hydrogens is 360 g/mol. The zero-order valence-corrected chi connectivity index (χ0v) is 15.2. The fraction of sp³-hybridized carbons (Fsp3) is 0.100. The fourth-order valence-electron chi connectivity index (χ4n) is 3.36. The maximum atomic E-state index is 13.3. The Labute approximate surface area is 158 Å². The summed E-state index contributed by atoms with van der Waals surface area (Å²) in [5.74, 6) is -0.168. The predicted molar refractivity (Wildman–Crippen MR) is 104 cm³/mol. The van der Waals surface area contributed by atoms with Crippen molar-refractivity contribution in [3.05, 3.63) is 86.4 Å². The van der Waals surface area contributed by atoms with Crippen LogP contribution in [0, 0.1) is 6.92 Å². The van der Waals surface area contributed by atoms with Gasteiger partial charge in [0.25, 0.3) is 11.5 Å². The molecule has 0 radical (unpaired) electrons. The number of anilines is 1. The van der Waals surface area contributed by atoms with Crippen LogP contribution in [0.5, 0.6) is 0 Å². The van der Waals surface area contributed by atoms with Crippen molar-refractivity contribution in [1.82, 2.24) is 14.6 Å². The highest BCUT2D eigenvalue weighted by Gasteiger charge is 2.34. The number of para-hydroxylation sites is 1. The average molecular weight is 374 g/mol. The lowest BCUT2D eigenvalue weighted by Crippen LogP contribution is -2.32. The summed E-state index contributed by atoms with van der Waals surface area (Å²) in [6, 6.07) is 15.7. The molecule has 1 aliphatic heterocycles. The standard InChI is InChI=1S/C20H14N4O2S/c1-12-6-8-13(9-7-12)10-23-15-5-3-2-4-14(15)16(18(23)25)17-19(26)24-20(27-17)21-11-22-24/h2-9,11H,10H2,1H3/b17-16-. The molecule has 2 aromatic heterocycles. The first-order chi connectivity index (χ1) is 13.1. The van der Waals surface area contributed by atoms with Crippen LogP contribution in [-0.2, 0) is 11.3 Å². The van der Waals surface area contributed by atoms with Crippen LogP contribution in [0.15, 0.2) is 59.7 Å². The summed E-state index contributed by atoms with van der Waals surface area (Å²) >= 11 is 1.20. The molecule has 132 valence electrons. The molecule has 0 fully saturated rings. The smallest absolute Gasteiger partial charge is 0.291 e. The molecule has 1 aliphatic rings. The summed E-state index contributed by atoms with van der Waals surface area (Å²) in [5, 5.41) is 3.95. The van der Waals surface area contributed by atoms with Crippen LogP contribution >= 0.6 is 11.3 Å². The van der Waals surface area contributed by atoms with Crippen molar-refractivity contribution in [3.8, 4) is 0 Å². The molecule has 0 bridgehead atoms. The minimum Gasteiger partial charge on any atom is -0.303 e. The second kappa shape index (κ2) is 5.85. The minimum atomic E-state index is -0.303. The number of aryl methyl sites for hydroxylation is 1. The van der Waals surface area contributed by atoms with E-state index >= 15 is 0 Å². The molecule has 27 heavy (non-hydrogen) atoms. The van der Waals surface area contributed by atoms with Gasteiger partial charge < -0.3 is 4.90 Å². The first-order valence-corrected chi connectivity index (χ1v) is 9.29. The molecule has 3 heterocycles. The SMILES string of the molecule is Cc1ccc(CN2C(=O)/C(=c3\sc4ncnn4c3=O)c3ccccc32)cc1. The van der Waals surface area contributed by atoms with Crippen molar-refractivity contribution in [2.75, 3.05) is 4.90 Å². The van der Waals surface area contributed by atoms with Crippen molar-refractivity contribution in [2.45, 2.75) is 13.5 Å². The van der Waals surface area contributed by atoms with Crippen molar-refractivity contribution >= 4 is 33.5 Å². The monoisotopic (exact) mass is 374 g/mol. The molecule has 0 spiro atoms. The average Bonchev–Trinajstić information content (AvgIpc) is 3.32. The number of carbonyl (C=O) groups is 1. The number of thiazole rings is 1. The number of carbonyl (C=O) groups excluding carboxylic acids is 1. The van der Waals surface area contributed by atoms with Gasteiger partial charge in [-0.3, -0.25) is 9.59 Å². The summed E-state index contributed by atoms with van der Waals surface area (Å²) in [4.78, 5) is 32.3. The number of aromatic nitrogens is 3. The van der Waals surface area contributed by atoms with Gasteiger partial charge in [0.15, 0.2) is 0 Å². The topological polar surface area (TPSA) is 67.6 Å². The zero-order chi connectivity index (χ0) is 18.5. The third kappa shape index (κ3) is 2.39. The van der Waals surface area contributed by atoms with Crippen molar-refractivity contribution < 1.29 is 4.79 Å². The number of amides is 1. The molecule has 0 saturated heterocycles. The van der Waals surface area contributed by atoms with E-state index in [1.54, 1.807) is 4.90 Å². The van der Waals surface area contributed by atoms with Crippen molar-refractivity contribution in [2.24, 2.45) is 0 Å². The summed E-state index contributed by atoms with van der Waals surface area (Å²) in [6.07, 6.45) is 1.34. The molecule has 0 atom stereocenters. The van der Waals surface area contributed by atoms with Crippen LogP contribution in [0.4, 0.5) is 5.69 Å². The Balaban J connectivity index is 1.71. The van der Waals surface area contributed by atoms with Crippen LogP contribution in [0.25, 0.3) is 10.5 Å². The Kier molecular flexibility index (Phi) is 3.45. The number of benzene rings is 2. The van der Waals surface area contributed by atoms with Gasteiger partial charge >= 0.3 is 0 Å². The molecule has 7 heteroatoms. The van der Waals surface area contributed by atoms with Crippen molar-refractivity contribution in [3.63, 3.8) is 0 Å². The maximum Gasteiger partial charge on any atom is 0.291 e. The molecule has 0 aliphatic carbocycles. The first-order valence-electron chi connectivity index (χ1n) is 8.47. The molecule has 5 rings (SSSR count). The Morgan fingerprint density at radius 3 is 2.59 bits per heavy atom.